The van der Waals surface area contributed by atoms with Crippen molar-refractivity contribution >= 4 is 11.9 Å². The summed E-state index contributed by atoms with van der Waals surface area (Å²) in [5, 5.41) is 11.6. The molecule has 1 unspecified atom stereocenters. The first-order valence-electron chi connectivity index (χ1n) is 6.25. The van der Waals surface area contributed by atoms with Crippen LogP contribution in [0, 0.1) is 11.8 Å². The molecule has 1 fully saturated rings. The third kappa shape index (κ3) is 1.88. The molecule has 4 heteroatoms. The van der Waals surface area contributed by atoms with Crippen molar-refractivity contribution in [1.82, 2.24) is 5.32 Å². The highest BCUT2D eigenvalue weighted by Crippen LogP contribution is 2.39. The van der Waals surface area contributed by atoms with E-state index in [4.69, 9.17) is 5.11 Å². The molecule has 2 aliphatic carbocycles. The quantitative estimate of drug-likeness (QED) is 0.836. The van der Waals surface area contributed by atoms with Crippen molar-refractivity contribution < 1.29 is 14.7 Å². The molecule has 1 saturated carbocycles. The maximum atomic E-state index is 11.7. The number of carboxylic acids is 1. The molecule has 2 N–H and O–H groups in total. The van der Waals surface area contributed by atoms with Crippen LogP contribution >= 0.6 is 0 Å². The zero-order valence-electron chi connectivity index (χ0n) is 9.93. The summed E-state index contributed by atoms with van der Waals surface area (Å²) in [5.74, 6) is -1.33. The lowest BCUT2D eigenvalue weighted by atomic mass is 9.77. The van der Waals surface area contributed by atoms with Gasteiger partial charge in [0.15, 0.2) is 0 Å². The molecule has 2 aliphatic rings. The molecule has 0 bridgehead atoms. The Morgan fingerprint density at radius 1 is 1.28 bits per heavy atom. The van der Waals surface area contributed by atoms with E-state index in [2.05, 4.69) is 17.4 Å². The maximum Gasteiger partial charge on any atom is 0.307 e. The van der Waals surface area contributed by atoms with Gasteiger partial charge in [-0.25, -0.2) is 0 Å². The van der Waals surface area contributed by atoms with Crippen LogP contribution in [-0.4, -0.2) is 23.5 Å². The van der Waals surface area contributed by atoms with E-state index >= 15 is 0 Å². The second-order valence-electron chi connectivity index (χ2n) is 5.13. The molecule has 0 aliphatic heterocycles. The Balaban J connectivity index is 1.50. The van der Waals surface area contributed by atoms with Gasteiger partial charge in [-0.3, -0.25) is 9.59 Å². The second kappa shape index (κ2) is 4.12. The SMILES string of the molecule is O=C(O)[C@H]1C[C@H]1C(=O)NCC1Cc2ccccc21. The fourth-order valence-corrected chi connectivity index (χ4v) is 2.66. The van der Waals surface area contributed by atoms with E-state index in [9.17, 15) is 9.59 Å². The lowest BCUT2D eigenvalue weighted by Gasteiger charge is -2.30. The smallest absolute Gasteiger partial charge is 0.307 e. The average Bonchev–Trinajstić information content (AvgIpc) is 3.10. The predicted octanol–water partition coefficient (Wildman–Crippen LogP) is 1.16. The minimum Gasteiger partial charge on any atom is -0.481 e. The fourth-order valence-electron chi connectivity index (χ4n) is 2.66. The second-order valence-corrected chi connectivity index (χ2v) is 5.13. The van der Waals surface area contributed by atoms with Crippen molar-refractivity contribution in [1.29, 1.82) is 0 Å². The van der Waals surface area contributed by atoms with Crippen molar-refractivity contribution in [2.75, 3.05) is 6.54 Å². The number of carbonyl (C=O) groups is 2. The first-order chi connectivity index (χ1) is 8.66. The van der Waals surface area contributed by atoms with Crippen LogP contribution in [0.15, 0.2) is 24.3 Å². The highest BCUT2D eigenvalue weighted by molar-refractivity contribution is 5.89. The molecule has 0 radical (unpaired) electrons. The molecule has 3 rings (SSSR count). The van der Waals surface area contributed by atoms with E-state index in [1.807, 2.05) is 12.1 Å². The molecule has 1 aromatic carbocycles. The van der Waals surface area contributed by atoms with Gasteiger partial charge in [0.05, 0.1) is 11.8 Å². The maximum absolute atomic E-state index is 11.7. The monoisotopic (exact) mass is 245 g/mol. The van der Waals surface area contributed by atoms with Crippen LogP contribution in [0.1, 0.15) is 23.5 Å². The Kier molecular flexibility index (Phi) is 2.58. The summed E-state index contributed by atoms with van der Waals surface area (Å²) < 4.78 is 0. The number of hydrogen-bond acceptors (Lipinski definition) is 2. The van der Waals surface area contributed by atoms with Crippen LogP contribution in [0.3, 0.4) is 0 Å². The van der Waals surface area contributed by atoms with Crippen LogP contribution in [0.25, 0.3) is 0 Å². The van der Waals surface area contributed by atoms with Crippen molar-refractivity contribution in [3.05, 3.63) is 35.4 Å². The van der Waals surface area contributed by atoms with E-state index < -0.39 is 11.9 Å². The summed E-state index contributed by atoms with van der Waals surface area (Å²) in [6.45, 7) is 0.624. The molecule has 4 nitrogen and oxygen atoms in total. The molecule has 18 heavy (non-hydrogen) atoms. The van der Waals surface area contributed by atoms with Crippen LogP contribution in [0.5, 0.6) is 0 Å². The summed E-state index contributed by atoms with van der Waals surface area (Å²) in [6.07, 6.45) is 1.49. The number of rotatable bonds is 4. The van der Waals surface area contributed by atoms with Gasteiger partial charge in [-0.05, 0) is 24.0 Å². The molecule has 0 aromatic heterocycles. The van der Waals surface area contributed by atoms with E-state index in [0.717, 1.165) is 6.42 Å². The average molecular weight is 245 g/mol. The normalized spacial score (nSPS) is 27.9. The topological polar surface area (TPSA) is 66.4 Å². The third-order valence-corrected chi connectivity index (χ3v) is 3.93. The summed E-state index contributed by atoms with van der Waals surface area (Å²) in [5.41, 5.74) is 2.66. The van der Waals surface area contributed by atoms with Gasteiger partial charge in [-0.1, -0.05) is 24.3 Å². The Morgan fingerprint density at radius 3 is 2.72 bits per heavy atom. The molecule has 1 aromatic rings. The van der Waals surface area contributed by atoms with Crippen molar-refractivity contribution in [2.24, 2.45) is 11.8 Å². The van der Waals surface area contributed by atoms with Gasteiger partial charge in [-0.2, -0.15) is 0 Å². The predicted molar refractivity (Wildman–Crippen MR) is 65.1 cm³/mol. The Morgan fingerprint density at radius 2 is 2.06 bits per heavy atom. The number of aliphatic carboxylic acids is 1. The van der Waals surface area contributed by atoms with Gasteiger partial charge in [0, 0.05) is 12.5 Å². The van der Waals surface area contributed by atoms with E-state index in [0.29, 0.717) is 18.9 Å². The molecular formula is C14H15NO3. The minimum absolute atomic E-state index is 0.105. The Bertz CT molecular complexity index is 512. The molecule has 0 saturated heterocycles. The minimum atomic E-state index is -0.857. The van der Waals surface area contributed by atoms with Gasteiger partial charge in [0.1, 0.15) is 0 Å². The number of benzene rings is 1. The highest BCUT2D eigenvalue weighted by Gasteiger charge is 2.48. The van der Waals surface area contributed by atoms with Crippen molar-refractivity contribution in [3.63, 3.8) is 0 Å². The number of carboxylic acid groups (broad SMARTS) is 1. The Labute approximate surface area is 105 Å². The van der Waals surface area contributed by atoms with Gasteiger partial charge >= 0.3 is 5.97 Å². The van der Waals surface area contributed by atoms with Gasteiger partial charge in [0.2, 0.25) is 5.91 Å². The lowest BCUT2D eigenvalue weighted by Crippen LogP contribution is -2.34. The van der Waals surface area contributed by atoms with Gasteiger partial charge in [0.25, 0.3) is 0 Å². The van der Waals surface area contributed by atoms with Crippen LogP contribution < -0.4 is 5.32 Å². The molecular weight excluding hydrogens is 230 g/mol. The number of fused-ring (bicyclic) bond motifs is 1. The summed E-state index contributed by atoms with van der Waals surface area (Å²) in [6, 6.07) is 8.23. The summed E-state index contributed by atoms with van der Waals surface area (Å²) >= 11 is 0. The third-order valence-electron chi connectivity index (χ3n) is 3.93. The summed E-state index contributed by atoms with van der Waals surface area (Å²) in [7, 11) is 0. The summed E-state index contributed by atoms with van der Waals surface area (Å²) in [4.78, 5) is 22.4. The number of carbonyl (C=O) groups excluding carboxylic acids is 1. The molecule has 0 spiro atoms. The molecule has 1 amide bonds. The number of amides is 1. The van der Waals surface area contributed by atoms with E-state index in [-0.39, 0.29) is 11.8 Å². The Hall–Kier alpha value is -1.84. The van der Waals surface area contributed by atoms with Crippen molar-refractivity contribution in [2.45, 2.75) is 18.8 Å². The van der Waals surface area contributed by atoms with Crippen LogP contribution in [0.2, 0.25) is 0 Å². The van der Waals surface area contributed by atoms with E-state index in [1.165, 1.54) is 11.1 Å². The zero-order chi connectivity index (χ0) is 12.7. The highest BCUT2D eigenvalue weighted by atomic mass is 16.4. The number of hydrogen-bond donors (Lipinski definition) is 2. The van der Waals surface area contributed by atoms with Crippen molar-refractivity contribution in [3.8, 4) is 0 Å². The standard InChI is InChI=1S/C14H15NO3/c16-13(11-6-12(11)14(17)18)15-7-9-5-8-3-1-2-4-10(8)9/h1-4,9,11-12H,5-7H2,(H,15,16)(H,17,18)/t9?,11-,12+/m1/s1. The number of nitrogens with one attached hydrogen (secondary N) is 1. The first kappa shape index (κ1) is 11.3. The van der Waals surface area contributed by atoms with Crippen LogP contribution in [-0.2, 0) is 16.0 Å². The van der Waals surface area contributed by atoms with Gasteiger partial charge in [-0.15, -0.1) is 0 Å². The van der Waals surface area contributed by atoms with Gasteiger partial charge < -0.3 is 10.4 Å². The van der Waals surface area contributed by atoms with E-state index in [1.54, 1.807) is 0 Å². The fraction of sp³-hybridized carbons (Fsp3) is 0.429. The largest absolute Gasteiger partial charge is 0.481 e. The zero-order valence-corrected chi connectivity index (χ0v) is 9.93. The molecule has 0 heterocycles. The lowest BCUT2D eigenvalue weighted by molar-refractivity contribution is -0.140. The molecule has 94 valence electrons. The van der Waals surface area contributed by atoms with Crippen LogP contribution in [0.4, 0.5) is 0 Å². The molecule has 3 atom stereocenters. The first-order valence-corrected chi connectivity index (χ1v) is 6.25.